The van der Waals surface area contributed by atoms with E-state index in [2.05, 4.69) is 23.4 Å². The topological polar surface area (TPSA) is 38.0 Å². The van der Waals surface area contributed by atoms with Gasteiger partial charge in [-0.15, -0.1) is 0 Å². The molecule has 0 radical (unpaired) electrons. The molecule has 0 aromatic carbocycles. The van der Waals surface area contributed by atoms with Crippen LogP contribution in [0.5, 0.6) is 0 Å². The van der Waals surface area contributed by atoms with Gasteiger partial charge in [0.2, 0.25) is 0 Å². The first-order valence-electron chi connectivity index (χ1n) is 5.74. The smallest absolute Gasteiger partial charge is 0.0951 e. The number of aliphatic hydroxyl groups excluding tert-OH is 1. The third-order valence-corrected chi connectivity index (χ3v) is 3.48. The lowest BCUT2D eigenvalue weighted by Gasteiger charge is -2.36. The molecule has 0 bridgehead atoms. The van der Waals surface area contributed by atoms with Gasteiger partial charge in [-0.1, -0.05) is 20.3 Å². The van der Waals surface area contributed by atoms with Gasteiger partial charge in [0.05, 0.1) is 24.8 Å². The van der Waals surface area contributed by atoms with Crippen molar-refractivity contribution in [2.75, 3.05) is 0 Å². The highest BCUT2D eigenvalue weighted by Gasteiger charge is 2.29. The monoisotopic (exact) mass is 208 g/mol. The van der Waals surface area contributed by atoms with E-state index in [1.165, 1.54) is 25.7 Å². The Morgan fingerprint density at radius 1 is 1.60 bits per heavy atom. The summed E-state index contributed by atoms with van der Waals surface area (Å²) in [6.45, 7) is 4.75. The second kappa shape index (κ2) is 3.97. The number of hydrogen-bond donors (Lipinski definition) is 1. The van der Waals surface area contributed by atoms with Crippen molar-refractivity contribution in [3.8, 4) is 0 Å². The molecule has 84 valence electrons. The Kier molecular flexibility index (Phi) is 2.83. The number of aromatic nitrogens is 2. The van der Waals surface area contributed by atoms with Crippen molar-refractivity contribution in [3.63, 3.8) is 0 Å². The van der Waals surface area contributed by atoms with Crippen LogP contribution >= 0.6 is 0 Å². The van der Waals surface area contributed by atoms with Gasteiger partial charge in [-0.05, 0) is 24.7 Å². The molecule has 1 saturated carbocycles. The van der Waals surface area contributed by atoms with Crippen molar-refractivity contribution >= 4 is 0 Å². The first-order valence-corrected chi connectivity index (χ1v) is 5.74. The SMILES string of the molecule is CC1(C)CCCC(n2cncc2CO)C1. The molecule has 0 amide bonds. The van der Waals surface area contributed by atoms with E-state index in [0.717, 1.165) is 5.69 Å². The molecule has 1 atom stereocenters. The molecule has 3 heteroatoms. The summed E-state index contributed by atoms with van der Waals surface area (Å²) in [6.07, 6.45) is 8.62. The molecule has 1 aliphatic carbocycles. The maximum Gasteiger partial charge on any atom is 0.0951 e. The molecule has 1 heterocycles. The van der Waals surface area contributed by atoms with Gasteiger partial charge in [0.15, 0.2) is 0 Å². The molecule has 0 aliphatic heterocycles. The summed E-state index contributed by atoms with van der Waals surface area (Å²) in [7, 11) is 0. The number of rotatable bonds is 2. The Hall–Kier alpha value is -0.830. The van der Waals surface area contributed by atoms with E-state index in [-0.39, 0.29) is 6.61 Å². The number of imidazole rings is 1. The first-order chi connectivity index (χ1) is 7.12. The average molecular weight is 208 g/mol. The predicted molar refractivity (Wildman–Crippen MR) is 59.4 cm³/mol. The highest BCUT2D eigenvalue weighted by molar-refractivity contribution is 5.00. The average Bonchev–Trinajstić information content (AvgIpc) is 2.63. The van der Waals surface area contributed by atoms with Gasteiger partial charge in [-0.25, -0.2) is 4.98 Å². The maximum absolute atomic E-state index is 9.21. The summed E-state index contributed by atoms with van der Waals surface area (Å²) in [5, 5.41) is 9.21. The fraction of sp³-hybridized carbons (Fsp3) is 0.750. The summed E-state index contributed by atoms with van der Waals surface area (Å²) in [5.74, 6) is 0. The van der Waals surface area contributed by atoms with E-state index in [4.69, 9.17) is 0 Å². The molecule has 0 saturated heterocycles. The Bertz CT molecular complexity index is 330. The van der Waals surface area contributed by atoms with Gasteiger partial charge in [0.1, 0.15) is 0 Å². The van der Waals surface area contributed by atoms with Crippen LogP contribution in [-0.2, 0) is 6.61 Å². The van der Waals surface area contributed by atoms with Crippen molar-refractivity contribution in [2.24, 2.45) is 5.41 Å². The summed E-state index contributed by atoms with van der Waals surface area (Å²) >= 11 is 0. The first kappa shape index (κ1) is 10.7. The molecule has 1 N–H and O–H groups in total. The third kappa shape index (κ3) is 2.23. The quantitative estimate of drug-likeness (QED) is 0.811. The Labute approximate surface area is 91.1 Å². The largest absolute Gasteiger partial charge is 0.390 e. The predicted octanol–water partition coefficient (Wildman–Crippen LogP) is 2.52. The van der Waals surface area contributed by atoms with Crippen molar-refractivity contribution in [2.45, 2.75) is 52.2 Å². The van der Waals surface area contributed by atoms with Crippen LogP contribution in [0.4, 0.5) is 0 Å². The van der Waals surface area contributed by atoms with Gasteiger partial charge in [0.25, 0.3) is 0 Å². The standard InChI is InChI=1S/C12H20N2O/c1-12(2)5-3-4-10(6-12)14-9-13-7-11(14)8-15/h7,9-10,15H,3-6,8H2,1-2H3. The molecule has 1 aliphatic rings. The highest BCUT2D eigenvalue weighted by atomic mass is 16.3. The zero-order valence-electron chi connectivity index (χ0n) is 9.61. The number of aliphatic hydroxyl groups is 1. The fourth-order valence-electron chi connectivity index (χ4n) is 2.68. The van der Waals surface area contributed by atoms with Gasteiger partial charge < -0.3 is 9.67 Å². The Morgan fingerprint density at radius 3 is 3.07 bits per heavy atom. The number of hydrogen-bond acceptors (Lipinski definition) is 2. The van der Waals surface area contributed by atoms with E-state index in [9.17, 15) is 5.11 Å². The van der Waals surface area contributed by atoms with Crippen LogP contribution in [0.3, 0.4) is 0 Å². The van der Waals surface area contributed by atoms with Crippen LogP contribution < -0.4 is 0 Å². The molecule has 1 aromatic rings. The maximum atomic E-state index is 9.21. The van der Waals surface area contributed by atoms with Crippen molar-refractivity contribution in [3.05, 3.63) is 18.2 Å². The highest BCUT2D eigenvalue weighted by Crippen LogP contribution is 2.41. The minimum atomic E-state index is 0.0942. The summed E-state index contributed by atoms with van der Waals surface area (Å²) in [5.41, 5.74) is 1.37. The van der Waals surface area contributed by atoms with Crippen LogP contribution in [-0.4, -0.2) is 14.7 Å². The zero-order chi connectivity index (χ0) is 10.9. The number of nitrogens with zero attached hydrogens (tertiary/aromatic N) is 2. The van der Waals surface area contributed by atoms with Gasteiger partial charge in [0, 0.05) is 6.04 Å². The lowest BCUT2D eigenvalue weighted by molar-refractivity contribution is 0.174. The molecule has 2 rings (SSSR count). The molecular weight excluding hydrogens is 188 g/mol. The van der Waals surface area contributed by atoms with E-state index >= 15 is 0 Å². The Balaban J connectivity index is 2.17. The van der Waals surface area contributed by atoms with Crippen LogP contribution in [0.25, 0.3) is 0 Å². The van der Waals surface area contributed by atoms with E-state index in [1.807, 2.05) is 6.33 Å². The van der Waals surface area contributed by atoms with Gasteiger partial charge in [-0.2, -0.15) is 0 Å². The van der Waals surface area contributed by atoms with Gasteiger partial charge in [-0.3, -0.25) is 0 Å². The molecule has 1 fully saturated rings. The fourth-order valence-corrected chi connectivity index (χ4v) is 2.68. The second-order valence-electron chi connectivity index (χ2n) is 5.36. The zero-order valence-corrected chi connectivity index (χ0v) is 9.61. The Morgan fingerprint density at radius 2 is 2.40 bits per heavy atom. The van der Waals surface area contributed by atoms with Gasteiger partial charge >= 0.3 is 0 Å². The lowest BCUT2D eigenvalue weighted by Crippen LogP contribution is -2.25. The van der Waals surface area contributed by atoms with Crippen molar-refractivity contribution < 1.29 is 5.11 Å². The molecule has 1 aromatic heterocycles. The van der Waals surface area contributed by atoms with E-state index in [1.54, 1.807) is 6.20 Å². The summed E-state index contributed by atoms with van der Waals surface area (Å²) in [4.78, 5) is 4.12. The molecule has 3 nitrogen and oxygen atoms in total. The minimum absolute atomic E-state index is 0.0942. The molecule has 1 unspecified atom stereocenters. The molecular formula is C12H20N2O. The minimum Gasteiger partial charge on any atom is -0.390 e. The lowest BCUT2D eigenvalue weighted by atomic mass is 9.75. The van der Waals surface area contributed by atoms with Crippen LogP contribution in [0.1, 0.15) is 51.3 Å². The van der Waals surface area contributed by atoms with Crippen molar-refractivity contribution in [1.29, 1.82) is 0 Å². The second-order valence-corrected chi connectivity index (χ2v) is 5.36. The van der Waals surface area contributed by atoms with Crippen LogP contribution in [0.2, 0.25) is 0 Å². The summed E-state index contributed by atoms with van der Waals surface area (Å²) in [6, 6.07) is 0.526. The van der Waals surface area contributed by atoms with Crippen molar-refractivity contribution in [1.82, 2.24) is 9.55 Å². The molecule has 15 heavy (non-hydrogen) atoms. The van der Waals surface area contributed by atoms with Crippen LogP contribution in [0.15, 0.2) is 12.5 Å². The van der Waals surface area contributed by atoms with E-state index in [0.29, 0.717) is 11.5 Å². The molecule has 0 spiro atoms. The van der Waals surface area contributed by atoms with E-state index < -0.39 is 0 Å². The summed E-state index contributed by atoms with van der Waals surface area (Å²) < 4.78 is 2.15. The third-order valence-electron chi connectivity index (χ3n) is 3.48. The normalized spacial score (nSPS) is 25.4. The van der Waals surface area contributed by atoms with Crippen LogP contribution in [0, 0.1) is 5.41 Å².